The molecule has 25 heavy (non-hydrogen) atoms. The fourth-order valence-corrected chi connectivity index (χ4v) is 4.95. The average Bonchev–Trinajstić information content (AvgIpc) is 3.16. The molecule has 5 nitrogen and oxygen atoms in total. The minimum atomic E-state index is -3.28. The molecule has 2 heterocycles. The Kier molecular flexibility index (Phi) is 3.88. The number of carbonyl (C=O) groups excluding carboxylic acids is 1. The number of nitrogens with zero attached hydrogens (tertiary/aromatic N) is 2. The van der Waals surface area contributed by atoms with Gasteiger partial charge in [0.2, 0.25) is 10.0 Å². The molecule has 2 aromatic rings. The summed E-state index contributed by atoms with van der Waals surface area (Å²) in [7, 11) is -3.28. The number of halogens is 1. The Morgan fingerprint density at radius 3 is 2.44 bits per heavy atom. The lowest BCUT2D eigenvalue weighted by Gasteiger charge is -2.19. The largest absolute Gasteiger partial charge is 0.308 e. The lowest BCUT2D eigenvalue weighted by molar-refractivity contribution is 0.0989. The van der Waals surface area contributed by atoms with Crippen molar-refractivity contribution in [2.45, 2.75) is 12.8 Å². The second-order valence-electron chi connectivity index (χ2n) is 6.41. The van der Waals surface area contributed by atoms with E-state index in [1.54, 1.807) is 17.0 Å². The molecular formula is C18H17BrN2O3S. The van der Waals surface area contributed by atoms with Crippen molar-refractivity contribution in [3.05, 3.63) is 57.6 Å². The SMILES string of the molecule is CS(=O)(=O)N1CCc2cc(C(=O)N3CCc4cc(Br)ccc43)ccc21. The Morgan fingerprint density at radius 1 is 1.00 bits per heavy atom. The maximum atomic E-state index is 13.0. The van der Waals surface area contributed by atoms with E-state index >= 15 is 0 Å². The fraction of sp³-hybridized carbons (Fsp3) is 0.278. The van der Waals surface area contributed by atoms with E-state index in [2.05, 4.69) is 22.0 Å². The summed E-state index contributed by atoms with van der Waals surface area (Å²) in [6, 6.07) is 11.3. The second-order valence-corrected chi connectivity index (χ2v) is 9.23. The quantitative estimate of drug-likeness (QED) is 0.749. The predicted octanol–water partition coefficient (Wildman–Crippen LogP) is 2.97. The summed E-state index contributed by atoms with van der Waals surface area (Å²) >= 11 is 3.46. The first-order chi connectivity index (χ1) is 11.8. The molecule has 0 aromatic heterocycles. The van der Waals surface area contributed by atoms with E-state index in [1.807, 2.05) is 18.2 Å². The molecule has 1 amide bonds. The molecule has 0 N–H and O–H groups in total. The van der Waals surface area contributed by atoms with Crippen LogP contribution in [0, 0.1) is 0 Å². The molecule has 4 rings (SSSR count). The Hall–Kier alpha value is -1.86. The zero-order chi connectivity index (χ0) is 17.8. The van der Waals surface area contributed by atoms with Crippen LogP contribution < -0.4 is 9.21 Å². The van der Waals surface area contributed by atoms with Crippen molar-refractivity contribution < 1.29 is 13.2 Å². The molecule has 0 bridgehead atoms. The second kappa shape index (κ2) is 5.85. The average molecular weight is 421 g/mol. The first kappa shape index (κ1) is 16.6. The molecule has 0 atom stereocenters. The molecule has 0 spiro atoms. The van der Waals surface area contributed by atoms with Gasteiger partial charge < -0.3 is 4.90 Å². The molecule has 0 unspecified atom stereocenters. The molecule has 0 saturated carbocycles. The third kappa shape index (κ3) is 2.85. The van der Waals surface area contributed by atoms with Gasteiger partial charge in [0.25, 0.3) is 5.91 Å². The molecule has 0 fully saturated rings. The molecular weight excluding hydrogens is 404 g/mol. The van der Waals surface area contributed by atoms with Crippen molar-refractivity contribution in [3.8, 4) is 0 Å². The summed E-state index contributed by atoms with van der Waals surface area (Å²) in [5.41, 5.74) is 4.31. The van der Waals surface area contributed by atoms with Crippen LogP contribution in [0.3, 0.4) is 0 Å². The van der Waals surface area contributed by atoms with E-state index in [0.717, 1.165) is 27.7 Å². The van der Waals surface area contributed by atoms with E-state index < -0.39 is 10.0 Å². The van der Waals surface area contributed by atoms with E-state index in [4.69, 9.17) is 0 Å². The topological polar surface area (TPSA) is 57.7 Å². The van der Waals surface area contributed by atoms with Gasteiger partial charge in [0.15, 0.2) is 0 Å². The Balaban J connectivity index is 1.66. The highest BCUT2D eigenvalue weighted by Crippen LogP contribution is 2.34. The number of anilines is 2. The van der Waals surface area contributed by atoms with Crippen molar-refractivity contribution >= 4 is 43.2 Å². The van der Waals surface area contributed by atoms with E-state index in [0.29, 0.717) is 30.8 Å². The van der Waals surface area contributed by atoms with Gasteiger partial charge in [-0.15, -0.1) is 0 Å². The maximum Gasteiger partial charge on any atom is 0.258 e. The summed E-state index contributed by atoms with van der Waals surface area (Å²) in [6.45, 7) is 1.10. The van der Waals surface area contributed by atoms with Crippen molar-refractivity contribution in [3.63, 3.8) is 0 Å². The smallest absolute Gasteiger partial charge is 0.258 e. The van der Waals surface area contributed by atoms with Crippen LogP contribution >= 0.6 is 15.9 Å². The minimum absolute atomic E-state index is 0.0401. The van der Waals surface area contributed by atoms with Gasteiger partial charge in [-0.2, -0.15) is 0 Å². The number of carbonyl (C=O) groups is 1. The van der Waals surface area contributed by atoms with Gasteiger partial charge >= 0.3 is 0 Å². The van der Waals surface area contributed by atoms with Crippen molar-refractivity contribution in [1.29, 1.82) is 0 Å². The van der Waals surface area contributed by atoms with Crippen molar-refractivity contribution in [1.82, 2.24) is 0 Å². The highest BCUT2D eigenvalue weighted by molar-refractivity contribution is 9.10. The zero-order valence-electron chi connectivity index (χ0n) is 13.7. The van der Waals surface area contributed by atoms with E-state index in [-0.39, 0.29) is 5.91 Å². The third-order valence-corrected chi connectivity index (χ3v) is 6.44. The highest BCUT2D eigenvalue weighted by atomic mass is 79.9. The predicted molar refractivity (Wildman–Crippen MR) is 102 cm³/mol. The van der Waals surface area contributed by atoms with Gasteiger partial charge in [0, 0.05) is 28.8 Å². The number of sulfonamides is 1. The van der Waals surface area contributed by atoms with E-state index in [9.17, 15) is 13.2 Å². The van der Waals surface area contributed by atoms with Crippen LogP contribution in [0.1, 0.15) is 21.5 Å². The maximum absolute atomic E-state index is 13.0. The van der Waals surface area contributed by atoms with Gasteiger partial charge in [-0.1, -0.05) is 15.9 Å². The highest BCUT2D eigenvalue weighted by Gasteiger charge is 2.29. The lowest BCUT2D eigenvalue weighted by Crippen LogP contribution is -2.29. The fourth-order valence-electron chi connectivity index (χ4n) is 3.59. The minimum Gasteiger partial charge on any atom is -0.308 e. The summed E-state index contributed by atoms with van der Waals surface area (Å²) in [4.78, 5) is 14.8. The van der Waals surface area contributed by atoms with Crippen LogP contribution in [-0.4, -0.2) is 33.7 Å². The van der Waals surface area contributed by atoms with Gasteiger partial charge in [0.1, 0.15) is 0 Å². The molecule has 0 aliphatic carbocycles. The summed E-state index contributed by atoms with van der Waals surface area (Å²) < 4.78 is 26.1. The number of rotatable bonds is 2. The van der Waals surface area contributed by atoms with Crippen LogP contribution in [0.5, 0.6) is 0 Å². The van der Waals surface area contributed by atoms with Crippen LogP contribution in [0.25, 0.3) is 0 Å². The number of fused-ring (bicyclic) bond motifs is 2. The van der Waals surface area contributed by atoms with Gasteiger partial charge in [-0.05, 0) is 60.4 Å². The normalized spacial score (nSPS) is 16.1. The van der Waals surface area contributed by atoms with Crippen LogP contribution in [0.2, 0.25) is 0 Å². The summed E-state index contributed by atoms with van der Waals surface area (Å²) in [5, 5.41) is 0. The zero-order valence-corrected chi connectivity index (χ0v) is 16.1. The van der Waals surface area contributed by atoms with Crippen LogP contribution in [-0.2, 0) is 22.9 Å². The Bertz CT molecular complexity index is 988. The molecule has 2 aliphatic rings. The van der Waals surface area contributed by atoms with Crippen LogP contribution in [0.15, 0.2) is 40.9 Å². The van der Waals surface area contributed by atoms with Gasteiger partial charge in [0.05, 0.1) is 11.9 Å². The molecule has 7 heteroatoms. The van der Waals surface area contributed by atoms with Crippen molar-refractivity contribution in [2.24, 2.45) is 0 Å². The van der Waals surface area contributed by atoms with Gasteiger partial charge in [-0.25, -0.2) is 8.42 Å². The number of amides is 1. The monoisotopic (exact) mass is 420 g/mol. The first-order valence-corrected chi connectivity index (χ1v) is 10.7. The Labute approximate surface area is 155 Å². The first-order valence-electron chi connectivity index (χ1n) is 8.05. The summed E-state index contributed by atoms with van der Waals surface area (Å²) in [6.07, 6.45) is 2.68. The Morgan fingerprint density at radius 2 is 1.68 bits per heavy atom. The standard InChI is InChI=1S/C18H17BrN2O3S/c1-25(23,24)21-9-7-12-10-14(2-4-17(12)21)18(22)20-8-6-13-11-15(19)3-5-16(13)20/h2-5,10-11H,6-9H2,1H3. The summed E-state index contributed by atoms with van der Waals surface area (Å²) in [5.74, 6) is -0.0401. The molecule has 0 radical (unpaired) electrons. The van der Waals surface area contributed by atoms with Crippen LogP contribution in [0.4, 0.5) is 11.4 Å². The number of benzene rings is 2. The third-order valence-electron chi connectivity index (χ3n) is 4.76. The molecule has 2 aromatic carbocycles. The molecule has 130 valence electrons. The van der Waals surface area contributed by atoms with E-state index in [1.165, 1.54) is 10.6 Å². The molecule has 0 saturated heterocycles. The number of hydrogen-bond acceptors (Lipinski definition) is 3. The van der Waals surface area contributed by atoms with Crippen molar-refractivity contribution in [2.75, 3.05) is 28.6 Å². The lowest BCUT2D eigenvalue weighted by atomic mass is 10.1. The molecule has 2 aliphatic heterocycles. The van der Waals surface area contributed by atoms with Gasteiger partial charge in [-0.3, -0.25) is 9.10 Å². The number of hydrogen-bond donors (Lipinski definition) is 0.